The molecule has 0 aliphatic heterocycles. The normalized spacial score (nSPS) is 11.5. The van der Waals surface area contributed by atoms with Crippen LogP contribution in [-0.2, 0) is 0 Å². The van der Waals surface area contributed by atoms with Gasteiger partial charge in [-0.05, 0) is 0 Å². The van der Waals surface area contributed by atoms with Gasteiger partial charge in [0.15, 0.2) is 0 Å². The molecule has 0 unspecified atom stereocenters. The van der Waals surface area contributed by atoms with Crippen molar-refractivity contribution in [2.24, 2.45) is 0 Å². The first-order chi connectivity index (χ1) is 8.58. The molecule has 0 spiro atoms. The van der Waals surface area contributed by atoms with Gasteiger partial charge in [0, 0.05) is 0 Å². The molecule has 18 heavy (non-hydrogen) atoms. The Morgan fingerprint density at radius 2 is 2.11 bits per heavy atom. The van der Waals surface area contributed by atoms with Gasteiger partial charge in [-0.2, -0.15) is 0 Å². The average Bonchev–Trinajstić information content (AvgIpc) is 2.76. The minimum absolute atomic E-state index is 0.433. The first kappa shape index (κ1) is 13.8. The number of hydrogen-bond donors (Lipinski definition) is 1. The van der Waals surface area contributed by atoms with Gasteiger partial charge in [0.2, 0.25) is 0 Å². The molecule has 2 aromatic heterocycles. The van der Waals surface area contributed by atoms with Crippen LogP contribution in [-0.4, -0.2) is 46.7 Å². The third-order valence-electron chi connectivity index (χ3n) is 2.81. The van der Waals surface area contributed by atoms with Gasteiger partial charge in [-0.1, -0.05) is 0 Å². The molecule has 0 amide bonds. The molecule has 0 fully saturated rings. The zero-order valence-corrected chi connectivity index (χ0v) is 13.9. The molecule has 0 aliphatic carbocycles. The molecule has 1 N–H and O–H groups in total. The molecule has 2 heterocycles. The molecule has 0 radical (unpaired) electrons. The molecular weight excluding hydrogens is 357 g/mol. The second kappa shape index (κ2) is 6.02. The van der Waals surface area contributed by atoms with Crippen molar-refractivity contribution in [2.45, 2.75) is 0 Å². The van der Waals surface area contributed by atoms with E-state index in [0.29, 0.717) is 14.5 Å². The average molecular weight is 374 g/mol. The Morgan fingerprint density at radius 1 is 1.28 bits per heavy atom. The van der Waals surface area contributed by atoms with Gasteiger partial charge in [-0.15, -0.1) is 0 Å². The molecule has 0 saturated heterocycles. The summed E-state index contributed by atoms with van der Waals surface area (Å²) in [7, 11) is 4.37. The first-order valence-corrected chi connectivity index (χ1v) is 8.32. The van der Waals surface area contributed by atoms with Gasteiger partial charge in [0.1, 0.15) is 0 Å². The summed E-state index contributed by atoms with van der Waals surface area (Å²) in [5, 5.41) is 3.50. The van der Waals surface area contributed by atoms with Crippen LogP contribution in [0.5, 0.6) is 0 Å². The van der Waals surface area contributed by atoms with E-state index in [0.717, 1.165) is 23.4 Å². The van der Waals surface area contributed by atoms with Crippen molar-refractivity contribution in [3.8, 4) is 0 Å². The van der Waals surface area contributed by atoms with Crippen LogP contribution >= 0.6 is 15.9 Å². The summed E-state index contributed by atoms with van der Waals surface area (Å²) in [5.41, 5.74) is 0. The second-order valence-electron chi connectivity index (χ2n) is 4.63. The van der Waals surface area contributed by atoms with Crippen molar-refractivity contribution in [2.75, 3.05) is 32.5 Å². The number of nitrogens with zero attached hydrogens (tertiary/aromatic N) is 2. The zero-order chi connectivity index (χ0) is 13.0. The van der Waals surface area contributed by atoms with E-state index >= 15 is 0 Å². The molecule has 5 heteroatoms. The number of rotatable bonds is 5. The molecular formula is C13H17BrN3Se+. The molecule has 0 atom stereocenters. The van der Waals surface area contributed by atoms with Crippen LogP contribution in [0.3, 0.4) is 0 Å². The second-order valence-corrected chi connectivity index (χ2v) is 8.94. The van der Waals surface area contributed by atoms with E-state index in [1.165, 1.54) is 7.91 Å². The Labute approximate surface area is 122 Å². The van der Waals surface area contributed by atoms with Gasteiger partial charge >= 0.3 is 123 Å². The third kappa shape index (κ3) is 3.69. The van der Waals surface area contributed by atoms with Crippen molar-refractivity contribution < 1.29 is 0 Å². The fourth-order valence-corrected chi connectivity index (χ4v) is 4.11. The molecule has 0 saturated carbocycles. The number of nitrogens with one attached hydrogen (secondary N) is 1. The molecule has 2 aromatic rings. The molecule has 0 bridgehead atoms. The van der Waals surface area contributed by atoms with Gasteiger partial charge in [-0.3, -0.25) is 0 Å². The number of halogens is 1. The summed E-state index contributed by atoms with van der Waals surface area (Å²) in [6.07, 6.45) is 1.85. The summed E-state index contributed by atoms with van der Waals surface area (Å²) in [4.78, 5) is 4.43. The molecule has 0 aromatic carbocycles. The van der Waals surface area contributed by atoms with Crippen molar-refractivity contribution in [3.05, 3.63) is 39.9 Å². The van der Waals surface area contributed by atoms with E-state index in [1.54, 1.807) is 0 Å². The fraction of sp³-hybridized carbons (Fsp3) is 0.308. The Balaban J connectivity index is 1.89. The van der Waals surface area contributed by atoms with Crippen LogP contribution in [0, 0.1) is 0 Å². The third-order valence-corrected chi connectivity index (χ3v) is 5.66. The predicted octanol–water partition coefficient (Wildman–Crippen LogP) is 2.58. The SMILES string of the molecule is C[N+](C)(CCNc1ccc(Br)[se]1)c1ccccn1. The number of pyridine rings is 1. The Kier molecular flexibility index (Phi) is 4.62. The van der Waals surface area contributed by atoms with E-state index < -0.39 is 0 Å². The van der Waals surface area contributed by atoms with Crippen LogP contribution in [0.25, 0.3) is 0 Å². The number of aromatic nitrogens is 1. The van der Waals surface area contributed by atoms with Crippen molar-refractivity contribution in [3.63, 3.8) is 0 Å². The van der Waals surface area contributed by atoms with Crippen LogP contribution in [0.4, 0.5) is 10.4 Å². The monoisotopic (exact) mass is 374 g/mol. The number of hydrogen-bond acceptors (Lipinski definition) is 2. The summed E-state index contributed by atoms with van der Waals surface area (Å²) < 4.78 is 3.44. The molecule has 96 valence electrons. The fourth-order valence-electron chi connectivity index (χ4n) is 1.69. The summed E-state index contributed by atoms with van der Waals surface area (Å²) in [6.45, 7) is 1.98. The quantitative estimate of drug-likeness (QED) is 0.643. The van der Waals surface area contributed by atoms with E-state index in [-0.39, 0.29) is 0 Å². The minimum atomic E-state index is 0.433. The van der Waals surface area contributed by atoms with Crippen LogP contribution in [0.15, 0.2) is 39.9 Å². The first-order valence-electron chi connectivity index (χ1n) is 5.82. The summed E-state index contributed by atoms with van der Waals surface area (Å²) >= 11 is 3.96. The predicted molar refractivity (Wildman–Crippen MR) is 82.3 cm³/mol. The summed E-state index contributed by atoms with van der Waals surface area (Å²) in [6, 6.07) is 10.4. The van der Waals surface area contributed by atoms with E-state index in [9.17, 15) is 0 Å². The Hall–Kier alpha value is -0.611. The van der Waals surface area contributed by atoms with Gasteiger partial charge in [-0.25, -0.2) is 0 Å². The Bertz CT molecular complexity index is 496. The zero-order valence-electron chi connectivity index (χ0n) is 10.6. The van der Waals surface area contributed by atoms with E-state index in [1.807, 2.05) is 18.3 Å². The van der Waals surface area contributed by atoms with Crippen LogP contribution in [0.1, 0.15) is 0 Å². The molecule has 0 aliphatic rings. The van der Waals surface area contributed by atoms with Gasteiger partial charge in [0.25, 0.3) is 0 Å². The van der Waals surface area contributed by atoms with Crippen molar-refractivity contribution in [1.82, 2.24) is 9.47 Å². The van der Waals surface area contributed by atoms with Crippen molar-refractivity contribution in [1.29, 1.82) is 0 Å². The number of anilines is 1. The Morgan fingerprint density at radius 3 is 2.72 bits per heavy atom. The molecule has 3 nitrogen and oxygen atoms in total. The standard InChI is InChI=1S/C13H17BrN3Se/c1-17(2,12-5-3-4-8-15-12)10-9-16-13-7-6-11(14)18-13/h3-8,16H,9-10H2,1-2H3/q+1. The maximum absolute atomic E-state index is 4.43. The number of likely N-dealkylation sites (N-methyl/N-ethyl adjacent to an activating group) is 1. The van der Waals surface area contributed by atoms with Crippen molar-refractivity contribution >= 4 is 40.8 Å². The van der Waals surface area contributed by atoms with Gasteiger partial charge < -0.3 is 0 Å². The maximum atomic E-state index is 4.43. The summed E-state index contributed by atoms with van der Waals surface area (Å²) in [5.74, 6) is 1.10. The van der Waals surface area contributed by atoms with Gasteiger partial charge in [0.05, 0.1) is 0 Å². The number of quaternary nitrogens is 1. The topological polar surface area (TPSA) is 24.9 Å². The molecule has 2 rings (SSSR count). The van der Waals surface area contributed by atoms with E-state index in [2.05, 4.69) is 58.5 Å². The van der Waals surface area contributed by atoms with E-state index in [4.69, 9.17) is 0 Å². The van der Waals surface area contributed by atoms with Crippen LogP contribution < -0.4 is 9.80 Å². The van der Waals surface area contributed by atoms with Crippen LogP contribution in [0.2, 0.25) is 0 Å².